The number of benzene rings is 2. The molecule has 10 heteroatoms. The first kappa shape index (κ1) is 22.3. The second kappa shape index (κ2) is 8.91. The average Bonchev–Trinajstić information content (AvgIpc) is 3.38. The number of amides is 1. The Bertz CT molecular complexity index is 1250. The molecule has 1 N–H and O–H groups in total. The molecule has 170 valence electrons. The molecule has 0 spiro atoms. The normalized spacial score (nSPS) is 17.3. The highest BCUT2D eigenvalue weighted by atomic mass is 32.1. The number of rotatable bonds is 6. The number of aliphatic hydroxyl groups excluding tert-OH is 1. The lowest BCUT2D eigenvalue weighted by Crippen LogP contribution is -2.29. The van der Waals surface area contributed by atoms with Crippen molar-refractivity contribution in [3.05, 3.63) is 64.2 Å². The van der Waals surface area contributed by atoms with Gasteiger partial charge in [0.25, 0.3) is 5.78 Å². The maximum atomic E-state index is 13.2. The van der Waals surface area contributed by atoms with Crippen LogP contribution in [0.5, 0.6) is 17.2 Å². The van der Waals surface area contributed by atoms with Gasteiger partial charge in [0.05, 0.1) is 32.9 Å². The van der Waals surface area contributed by atoms with Crippen molar-refractivity contribution >= 4 is 33.9 Å². The van der Waals surface area contributed by atoms with Crippen molar-refractivity contribution in [1.82, 2.24) is 10.2 Å². The highest BCUT2D eigenvalue weighted by Crippen LogP contribution is 2.44. The smallest absolute Gasteiger partial charge is 0.301 e. The Morgan fingerprint density at radius 2 is 1.67 bits per heavy atom. The summed E-state index contributed by atoms with van der Waals surface area (Å²) in [4.78, 5) is 27.5. The van der Waals surface area contributed by atoms with Gasteiger partial charge >= 0.3 is 5.91 Å². The quantitative estimate of drug-likeness (QED) is 0.333. The predicted molar refractivity (Wildman–Crippen MR) is 122 cm³/mol. The number of ketones is 1. The highest BCUT2D eigenvalue weighted by molar-refractivity contribution is 7.15. The lowest BCUT2D eigenvalue weighted by Gasteiger charge is -2.23. The molecule has 9 nitrogen and oxygen atoms in total. The maximum Gasteiger partial charge on any atom is 0.301 e. The van der Waals surface area contributed by atoms with Crippen LogP contribution < -0.4 is 19.1 Å². The molecule has 1 fully saturated rings. The first-order valence-electron chi connectivity index (χ1n) is 9.87. The molecular formula is C23H21N3O6S. The van der Waals surface area contributed by atoms with Crippen molar-refractivity contribution in [1.29, 1.82) is 0 Å². The molecular weight excluding hydrogens is 446 g/mol. The SMILES string of the molecule is COc1ccc(/C(O)=C2\C(=O)C(=O)N(c3nnc(C)s3)C2c2ccc(OC)c(OC)c2)cc1. The number of ether oxygens (including phenoxy) is 3. The topological polar surface area (TPSA) is 111 Å². The summed E-state index contributed by atoms with van der Waals surface area (Å²) in [6.45, 7) is 1.75. The molecule has 0 bridgehead atoms. The van der Waals surface area contributed by atoms with E-state index in [1.54, 1.807) is 49.4 Å². The molecule has 1 aliphatic rings. The van der Waals surface area contributed by atoms with Crippen molar-refractivity contribution in [3.63, 3.8) is 0 Å². The highest BCUT2D eigenvalue weighted by Gasteiger charge is 2.48. The van der Waals surface area contributed by atoms with Crippen LogP contribution in [0.25, 0.3) is 5.76 Å². The van der Waals surface area contributed by atoms with Crippen molar-refractivity contribution in [3.8, 4) is 17.2 Å². The van der Waals surface area contributed by atoms with Gasteiger partial charge in [0.1, 0.15) is 16.5 Å². The summed E-state index contributed by atoms with van der Waals surface area (Å²) in [6, 6.07) is 10.6. The van der Waals surface area contributed by atoms with E-state index >= 15 is 0 Å². The zero-order valence-electron chi connectivity index (χ0n) is 18.4. The Morgan fingerprint density at radius 1 is 0.970 bits per heavy atom. The third-order valence-corrected chi connectivity index (χ3v) is 6.09. The summed E-state index contributed by atoms with van der Waals surface area (Å²) in [5.41, 5.74) is 0.840. The van der Waals surface area contributed by atoms with Crippen molar-refractivity contribution in [2.24, 2.45) is 0 Å². The molecule has 4 rings (SSSR count). The lowest BCUT2D eigenvalue weighted by molar-refractivity contribution is -0.132. The Balaban J connectivity index is 1.93. The van der Waals surface area contributed by atoms with Gasteiger partial charge < -0.3 is 19.3 Å². The van der Waals surface area contributed by atoms with Crippen LogP contribution >= 0.6 is 11.3 Å². The van der Waals surface area contributed by atoms with Crippen LogP contribution in [0.4, 0.5) is 5.13 Å². The van der Waals surface area contributed by atoms with Gasteiger partial charge in [0, 0.05) is 5.56 Å². The number of aromatic nitrogens is 2. The van der Waals surface area contributed by atoms with Crippen LogP contribution in [0.15, 0.2) is 48.0 Å². The zero-order chi connectivity index (χ0) is 23.7. The molecule has 1 aromatic heterocycles. The Hall–Kier alpha value is -3.92. The molecule has 1 amide bonds. The van der Waals surface area contributed by atoms with E-state index in [2.05, 4.69) is 10.2 Å². The molecule has 0 saturated carbocycles. The molecule has 0 radical (unpaired) electrons. The largest absolute Gasteiger partial charge is 0.507 e. The van der Waals surface area contributed by atoms with Gasteiger partial charge in [-0.05, 0) is 48.9 Å². The van der Waals surface area contributed by atoms with Crippen LogP contribution in [0.2, 0.25) is 0 Å². The fourth-order valence-electron chi connectivity index (χ4n) is 3.66. The Morgan fingerprint density at radius 3 is 2.24 bits per heavy atom. The van der Waals surface area contributed by atoms with E-state index in [1.165, 1.54) is 37.6 Å². The number of methoxy groups -OCH3 is 3. The summed E-state index contributed by atoms with van der Waals surface area (Å²) in [5, 5.41) is 20.1. The average molecular weight is 468 g/mol. The van der Waals surface area contributed by atoms with E-state index in [-0.39, 0.29) is 16.5 Å². The number of aryl methyl sites for hydroxylation is 1. The van der Waals surface area contributed by atoms with E-state index in [4.69, 9.17) is 14.2 Å². The first-order valence-corrected chi connectivity index (χ1v) is 10.7. The van der Waals surface area contributed by atoms with Crippen LogP contribution in [0.3, 0.4) is 0 Å². The number of Topliss-reactive ketones (excluding diaryl/α,β-unsaturated/α-hetero) is 1. The van der Waals surface area contributed by atoms with Crippen LogP contribution in [0, 0.1) is 6.92 Å². The van der Waals surface area contributed by atoms with E-state index in [0.29, 0.717) is 33.4 Å². The standard InChI is InChI=1S/C23H21N3O6S/c1-12-24-25-23(33-12)26-19(14-7-10-16(31-3)17(11-14)32-4)18(21(28)22(26)29)20(27)13-5-8-15(30-2)9-6-13/h5-11,19,27H,1-4H3/b20-18+. The number of carbonyl (C=O) groups excluding carboxylic acids is 2. The molecule has 33 heavy (non-hydrogen) atoms. The van der Waals surface area contributed by atoms with Gasteiger partial charge in [-0.25, -0.2) is 0 Å². The molecule has 2 heterocycles. The number of carbonyl (C=O) groups is 2. The van der Waals surface area contributed by atoms with Gasteiger partial charge in [-0.2, -0.15) is 0 Å². The Kier molecular flexibility index (Phi) is 6.01. The van der Waals surface area contributed by atoms with Crippen molar-refractivity contribution in [2.75, 3.05) is 26.2 Å². The Labute approximate surface area is 193 Å². The number of nitrogens with zero attached hydrogens (tertiary/aromatic N) is 3. The molecule has 3 aromatic rings. The third kappa shape index (κ3) is 3.89. The number of anilines is 1. The molecule has 1 saturated heterocycles. The second-order valence-corrected chi connectivity index (χ2v) is 8.28. The summed E-state index contributed by atoms with van der Waals surface area (Å²) < 4.78 is 15.9. The van der Waals surface area contributed by atoms with Crippen LogP contribution in [0.1, 0.15) is 22.2 Å². The predicted octanol–water partition coefficient (Wildman–Crippen LogP) is 3.50. The van der Waals surface area contributed by atoms with Gasteiger partial charge in [0.15, 0.2) is 11.5 Å². The maximum absolute atomic E-state index is 13.2. The summed E-state index contributed by atoms with van der Waals surface area (Å²) in [7, 11) is 4.53. The van der Waals surface area contributed by atoms with E-state index in [1.807, 2.05) is 0 Å². The van der Waals surface area contributed by atoms with E-state index < -0.39 is 17.7 Å². The van der Waals surface area contributed by atoms with Gasteiger partial charge in [-0.3, -0.25) is 14.5 Å². The first-order chi connectivity index (χ1) is 15.9. The fourth-order valence-corrected chi connectivity index (χ4v) is 4.37. The number of hydrogen-bond acceptors (Lipinski definition) is 9. The van der Waals surface area contributed by atoms with E-state index in [9.17, 15) is 14.7 Å². The van der Waals surface area contributed by atoms with Crippen molar-refractivity contribution < 1.29 is 28.9 Å². The van der Waals surface area contributed by atoms with Gasteiger partial charge in [-0.15, -0.1) is 10.2 Å². The number of aliphatic hydroxyl groups is 1. The lowest BCUT2D eigenvalue weighted by atomic mass is 9.95. The molecule has 1 atom stereocenters. The molecule has 2 aromatic carbocycles. The van der Waals surface area contributed by atoms with Crippen LogP contribution in [-0.2, 0) is 9.59 Å². The number of hydrogen-bond donors (Lipinski definition) is 1. The van der Waals surface area contributed by atoms with Gasteiger partial charge in [-0.1, -0.05) is 17.4 Å². The summed E-state index contributed by atoms with van der Waals surface area (Å²) >= 11 is 1.18. The van der Waals surface area contributed by atoms with E-state index in [0.717, 1.165) is 0 Å². The third-order valence-electron chi connectivity index (χ3n) is 5.25. The molecule has 0 aliphatic carbocycles. The minimum Gasteiger partial charge on any atom is -0.507 e. The molecule has 1 unspecified atom stereocenters. The fraction of sp³-hybridized carbons (Fsp3) is 0.217. The summed E-state index contributed by atoms with van der Waals surface area (Å²) in [5.74, 6) is -0.442. The monoisotopic (exact) mass is 467 g/mol. The molecule has 1 aliphatic heterocycles. The van der Waals surface area contributed by atoms with Crippen molar-refractivity contribution in [2.45, 2.75) is 13.0 Å². The summed E-state index contributed by atoms with van der Waals surface area (Å²) in [6.07, 6.45) is 0. The van der Waals surface area contributed by atoms with Gasteiger partial charge in [0.2, 0.25) is 5.13 Å². The second-order valence-electron chi connectivity index (χ2n) is 7.12. The zero-order valence-corrected chi connectivity index (χ0v) is 19.2. The van der Waals surface area contributed by atoms with Crippen LogP contribution in [-0.4, -0.2) is 48.3 Å². The minimum absolute atomic E-state index is 0.0646. The minimum atomic E-state index is -0.945.